The van der Waals surface area contributed by atoms with Gasteiger partial charge in [-0.15, -0.1) is 0 Å². The lowest BCUT2D eigenvalue weighted by atomic mass is 9.94. The molecule has 0 amide bonds. The maximum Gasteiger partial charge on any atom is 0.0238 e. The number of hydrogen-bond acceptors (Lipinski definition) is 1. The van der Waals surface area contributed by atoms with E-state index in [9.17, 15) is 0 Å². The third-order valence-corrected chi connectivity index (χ3v) is 5.25. The maximum absolute atomic E-state index is 2.44. The molecule has 0 aromatic heterocycles. The Balaban J connectivity index is 1.89. The molecule has 0 radical (unpaired) electrons. The number of rotatable bonds is 1. The highest BCUT2D eigenvalue weighted by Crippen LogP contribution is 2.48. The van der Waals surface area contributed by atoms with Gasteiger partial charge in [-0.05, 0) is 34.4 Å². The molecule has 98 valence electrons. The molecule has 4 rings (SSSR count). The van der Waals surface area contributed by atoms with E-state index in [1.165, 1.54) is 39.3 Å². The summed E-state index contributed by atoms with van der Waals surface area (Å²) in [4.78, 5) is 2.98. The van der Waals surface area contributed by atoms with Crippen molar-refractivity contribution in [3.05, 3.63) is 77.2 Å². The normalized spacial score (nSPS) is 20.0. The summed E-state index contributed by atoms with van der Waals surface area (Å²) in [5.41, 5.74) is 4.15. The zero-order valence-corrected chi connectivity index (χ0v) is 12.1. The summed E-state index contributed by atoms with van der Waals surface area (Å²) in [5.74, 6) is 0.465. The van der Waals surface area contributed by atoms with Gasteiger partial charge in [0.1, 0.15) is 0 Å². The van der Waals surface area contributed by atoms with Crippen molar-refractivity contribution in [3.63, 3.8) is 0 Å². The zero-order chi connectivity index (χ0) is 13.4. The van der Waals surface area contributed by atoms with Gasteiger partial charge >= 0.3 is 0 Å². The van der Waals surface area contributed by atoms with E-state index < -0.39 is 0 Å². The van der Waals surface area contributed by atoms with Crippen LogP contribution in [0.5, 0.6) is 0 Å². The van der Waals surface area contributed by atoms with E-state index in [1.54, 1.807) is 0 Å². The van der Waals surface area contributed by atoms with E-state index in [0.717, 1.165) is 0 Å². The molecule has 20 heavy (non-hydrogen) atoms. The number of fused-ring (bicyclic) bond motifs is 3. The van der Waals surface area contributed by atoms with Gasteiger partial charge in [-0.2, -0.15) is 0 Å². The topological polar surface area (TPSA) is 0 Å². The Labute approximate surface area is 124 Å². The van der Waals surface area contributed by atoms with Crippen molar-refractivity contribution >= 4 is 11.8 Å². The van der Waals surface area contributed by atoms with Crippen molar-refractivity contribution in [1.82, 2.24) is 0 Å². The minimum Gasteiger partial charge on any atom is -0.0939 e. The van der Waals surface area contributed by atoms with Crippen molar-refractivity contribution in [1.29, 1.82) is 0 Å². The first kappa shape index (κ1) is 12.0. The molecule has 0 fully saturated rings. The van der Waals surface area contributed by atoms with E-state index in [0.29, 0.717) is 5.92 Å². The minimum absolute atomic E-state index is 0.465. The second-order valence-corrected chi connectivity index (χ2v) is 6.45. The van der Waals surface area contributed by atoms with Crippen LogP contribution in [0.25, 0.3) is 11.1 Å². The highest BCUT2D eigenvalue weighted by atomic mass is 32.2. The van der Waals surface area contributed by atoms with E-state index in [1.807, 2.05) is 11.8 Å². The van der Waals surface area contributed by atoms with Crippen LogP contribution in [0.1, 0.15) is 24.3 Å². The summed E-state index contributed by atoms with van der Waals surface area (Å²) in [6.07, 6.45) is 9.48. The van der Waals surface area contributed by atoms with Gasteiger partial charge in [-0.3, -0.25) is 0 Å². The fraction of sp³-hybridized carbons (Fsp3) is 0.158. The highest BCUT2D eigenvalue weighted by Gasteiger charge is 2.23. The average molecular weight is 276 g/mol. The molecule has 1 heterocycles. The van der Waals surface area contributed by atoms with Crippen molar-refractivity contribution in [2.75, 3.05) is 0 Å². The van der Waals surface area contributed by atoms with Gasteiger partial charge in [0, 0.05) is 10.8 Å². The van der Waals surface area contributed by atoms with Crippen LogP contribution in [0.4, 0.5) is 0 Å². The summed E-state index contributed by atoms with van der Waals surface area (Å²) in [6.45, 7) is 0. The second-order valence-electron chi connectivity index (χ2n) is 5.32. The molecule has 0 nitrogen and oxygen atoms in total. The van der Waals surface area contributed by atoms with Crippen LogP contribution in [-0.4, -0.2) is 0 Å². The molecule has 0 N–H and O–H groups in total. The first-order valence-corrected chi connectivity index (χ1v) is 7.97. The smallest absolute Gasteiger partial charge is 0.0238 e. The number of benzene rings is 2. The molecule has 2 aromatic rings. The molecule has 1 atom stereocenters. The number of thioether (sulfide) groups is 1. The lowest BCUT2D eigenvalue weighted by Gasteiger charge is -2.23. The Morgan fingerprint density at radius 2 is 1.85 bits per heavy atom. The maximum atomic E-state index is 2.44. The predicted molar refractivity (Wildman–Crippen MR) is 86.9 cm³/mol. The van der Waals surface area contributed by atoms with Crippen LogP contribution in [-0.2, 0) is 0 Å². The van der Waals surface area contributed by atoms with Gasteiger partial charge in [0.25, 0.3) is 0 Å². The average Bonchev–Trinajstić information content (AvgIpc) is 2.70. The van der Waals surface area contributed by atoms with E-state index in [-0.39, 0.29) is 0 Å². The fourth-order valence-electron chi connectivity index (χ4n) is 2.99. The van der Waals surface area contributed by atoms with E-state index in [4.69, 9.17) is 0 Å². The van der Waals surface area contributed by atoms with Crippen LogP contribution in [0.3, 0.4) is 0 Å². The fourth-order valence-corrected chi connectivity index (χ4v) is 4.31. The Morgan fingerprint density at radius 3 is 2.75 bits per heavy atom. The van der Waals surface area contributed by atoms with Gasteiger partial charge < -0.3 is 0 Å². The predicted octanol–water partition coefficient (Wildman–Crippen LogP) is 5.78. The van der Waals surface area contributed by atoms with Gasteiger partial charge in [0.15, 0.2) is 0 Å². The monoisotopic (exact) mass is 276 g/mol. The number of hydrogen-bond donors (Lipinski definition) is 0. The van der Waals surface area contributed by atoms with Crippen LogP contribution >= 0.6 is 11.8 Å². The summed E-state index contributed by atoms with van der Waals surface area (Å²) < 4.78 is 0. The Morgan fingerprint density at radius 1 is 0.950 bits per heavy atom. The molecule has 2 bridgehead atoms. The molecule has 1 aliphatic carbocycles. The van der Waals surface area contributed by atoms with Crippen LogP contribution in [0, 0.1) is 0 Å². The molecule has 0 saturated heterocycles. The first-order chi connectivity index (χ1) is 9.92. The van der Waals surface area contributed by atoms with Gasteiger partial charge in [-0.25, -0.2) is 0 Å². The molecule has 0 saturated carbocycles. The molecule has 1 unspecified atom stereocenters. The Bertz CT molecular complexity index is 695. The second kappa shape index (κ2) is 4.99. The van der Waals surface area contributed by atoms with Crippen LogP contribution in [0.2, 0.25) is 0 Å². The lowest BCUT2D eigenvalue weighted by Crippen LogP contribution is -2.01. The highest BCUT2D eigenvalue weighted by molar-refractivity contribution is 8.03. The molecule has 1 heteroatoms. The molecule has 2 aromatic carbocycles. The molecule has 2 aliphatic rings. The summed E-state index contributed by atoms with van der Waals surface area (Å²) in [5, 5.41) is 0. The summed E-state index contributed by atoms with van der Waals surface area (Å²) in [7, 11) is 0. The molecule has 1 aliphatic heterocycles. The van der Waals surface area contributed by atoms with E-state index >= 15 is 0 Å². The van der Waals surface area contributed by atoms with Gasteiger partial charge in [-0.1, -0.05) is 78.5 Å². The summed E-state index contributed by atoms with van der Waals surface area (Å²) >= 11 is 1.97. The molecular weight excluding hydrogens is 260 g/mol. The quantitative estimate of drug-likeness (QED) is 0.595. The van der Waals surface area contributed by atoms with Gasteiger partial charge in [0.05, 0.1) is 0 Å². The molecule has 0 spiro atoms. The van der Waals surface area contributed by atoms with E-state index in [2.05, 4.69) is 66.8 Å². The van der Waals surface area contributed by atoms with Gasteiger partial charge in [0.2, 0.25) is 0 Å². The van der Waals surface area contributed by atoms with Crippen LogP contribution < -0.4 is 0 Å². The van der Waals surface area contributed by atoms with Crippen molar-refractivity contribution in [3.8, 4) is 11.1 Å². The third kappa shape index (κ3) is 2.03. The Hall–Kier alpha value is -1.73. The standard InChI is InChI=1S/C19H16S/c1-2-7-14(8-3-1)17-11-6-12-18-15-9-4-5-10-16(13-15)20-19(17)18/h1-4,6-9,11-13,15H,5,10H2. The SMILES string of the molecule is C1=CC2C=C(CC1)Sc1c(-c3ccccc3)cccc12. The van der Waals surface area contributed by atoms with Crippen LogP contribution in [0.15, 0.2) is 76.6 Å². The Kier molecular flexibility index (Phi) is 3.00. The van der Waals surface area contributed by atoms with Crippen molar-refractivity contribution < 1.29 is 0 Å². The molecular formula is C19H16S. The zero-order valence-electron chi connectivity index (χ0n) is 11.3. The number of allylic oxidation sites excluding steroid dienone is 4. The minimum atomic E-state index is 0.465. The van der Waals surface area contributed by atoms with Crippen molar-refractivity contribution in [2.24, 2.45) is 0 Å². The largest absolute Gasteiger partial charge is 0.0939 e. The first-order valence-electron chi connectivity index (χ1n) is 7.15. The lowest BCUT2D eigenvalue weighted by molar-refractivity contribution is 1.01. The third-order valence-electron chi connectivity index (χ3n) is 3.99. The summed E-state index contributed by atoms with van der Waals surface area (Å²) in [6, 6.07) is 17.5. The van der Waals surface area contributed by atoms with Crippen molar-refractivity contribution in [2.45, 2.75) is 23.7 Å².